The number of aliphatic hydroxyl groups is 3. The van der Waals surface area contributed by atoms with Gasteiger partial charge < -0.3 is 30.4 Å². The lowest BCUT2D eigenvalue weighted by atomic mass is 9.95. The van der Waals surface area contributed by atoms with E-state index >= 15 is 0 Å². The molecule has 1 aliphatic heterocycles. The minimum Gasteiger partial charge on any atom is -0.394 e. The average Bonchev–Trinajstić information content (AvgIpc) is 3.05. The van der Waals surface area contributed by atoms with Crippen LogP contribution in [0.15, 0.2) is 12.5 Å². The molecule has 0 spiro atoms. The zero-order chi connectivity index (χ0) is 16.8. The third kappa shape index (κ3) is 1.98. The van der Waals surface area contributed by atoms with Gasteiger partial charge in [0.1, 0.15) is 30.0 Å². The van der Waals surface area contributed by atoms with E-state index < -0.39 is 30.6 Å². The summed E-state index contributed by atoms with van der Waals surface area (Å²) in [6.45, 7) is -0.514. The van der Waals surface area contributed by atoms with E-state index in [1.54, 1.807) is 0 Å². The Morgan fingerprint density at radius 2 is 2.17 bits per heavy atom. The SMILES string of the molecule is C#Cc1cn(C2OC(CO)C(O)C2(O)C#C)c2ncnc(N)c12. The molecule has 1 saturated heterocycles. The minimum absolute atomic E-state index is 0.170. The van der Waals surface area contributed by atoms with Gasteiger partial charge in [0, 0.05) is 6.20 Å². The minimum atomic E-state index is -2.06. The van der Waals surface area contributed by atoms with E-state index in [4.69, 9.17) is 23.3 Å². The molecule has 3 rings (SSSR count). The molecule has 1 aliphatic rings. The van der Waals surface area contributed by atoms with Gasteiger partial charge in [0.25, 0.3) is 0 Å². The fourth-order valence-electron chi connectivity index (χ4n) is 2.75. The fourth-order valence-corrected chi connectivity index (χ4v) is 2.75. The molecule has 3 heterocycles. The highest BCUT2D eigenvalue weighted by atomic mass is 16.6. The highest BCUT2D eigenvalue weighted by Gasteiger charge is 2.55. The maximum absolute atomic E-state index is 10.6. The van der Waals surface area contributed by atoms with Crippen molar-refractivity contribution in [2.45, 2.75) is 24.0 Å². The van der Waals surface area contributed by atoms with Crippen molar-refractivity contribution >= 4 is 16.9 Å². The fraction of sp³-hybridized carbons (Fsp3) is 0.333. The number of hydrogen-bond donors (Lipinski definition) is 4. The summed E-state index contributed by atoms with van der Waals surface area (Å²) in [7, 11) is 0. The monoisotopic (exact) mass is 314 g/mol. The molecule has 8 nitrogen and oxygen atoms in total. The van der Waals surface area contributed by atoms with Crippen LogP contribution in [0.25, 0.3) is 11.0 Å². The number of nitrogen functional groups attached to an aromatic ring is 1. The van der Waals surface area contributed by atoms with E-state index in [2.05, 4.69) is 21.8 Å². The number of nitrogens with two attached hydrogens (primary N) is 1. The average molecular weight is 314 g/mol. The molecule has 4 atom stereocenters. The van der Waals surface area contributed by atoms with E-state index in [0.29, 0.717) is 16.6 Å². The summed E-state index contributed by atoms with van der Waals surface area (Å²) in [6.07, 6.45) is 9.85. The van der Waals surface area contributed by atoms with Crippen LogP contribution in [0, 0.1) is 24.7 Å². The van der Waals surface area contributed by atoms with E-state index in [-0.39, 0.29) is 5.82 Å². The summed E-state index contributed by atoms with van der Waals surface area (Å²) < 4.78 is 6.91. The third-order valence-corrected chi connectivity index (χ3v) is 3.94. The molecule has 5 N–H and O–H groups in total. The lowest BCUT2D eigenvalue weighted by Gasteiger charge is -2.26. The molecule has 8 heteroatoms. The molecule has 4 unspecified atom stereocenters. The Morgan fingerprint density at radius 1 is 1.43 bits per heavy atom. The molecule has 118 valence electrons. The quantitative estimate of drug-likeness (QED) is 0.503. The van der Waals surface area contributed by atoms with Crippen molar-refractivity contribution in [3.05, 3.63) is 18.1 Å². The normalized spacial score (nSPS) is 30.2. The second-order valence-corrected chi connectivity index (χ2v) is 5.18. The molecule has 2 aromatic rings. The van der Waals surface area contributed by atoms with Crippen molar-refractivity contribution in [1.82, 2.24) is 14.5 Å². The number of hydrogen-bond acceptors (Lipinski definition) is 7. The van der Waals surface area contributed by atoms with Gasteiger partial charge in [0.15, 0.2) is 11.8 Å². The van der Waals surface area contributed by atoms with Gasteiger partial charge in [0.05, 0.1) is 17.6 Å². The van der Waals surface area contributed by atoms with Crippen molar-refractivity contribution in [3.8, 4) is 24.7 Å². The van der Waals surface area contributed by atoms with E-state index in [1.165, 1.54) is 17.1 Å². The van der Waals surface area contributed by atoms with Crippen LogP contribution in [0.5, 0.6) is 0 Å². The zero-order valence-corrected chi connectivity index (χ0v) is 11.9. The van der Waals surface area contributed by atoms with E-state index in [0.717, 1.165) is 0 Å². The van der Waals surface area contributed by atoms with Gasteiger partial charge in [-0.2, -0.15) is 0 Å². The second-order valence-electron chi connectivity index (χ2n) is 5.18. The first-order valence-electron chi connectivity index (χ1n) is 6.70. The van der Waals surface area contributed by atoms with Gasteiger partial charge in [-0.3, -0.25) is 0 Å². The summed E-state index contributed by atoms with van der Waals surface area (Å²) in [5.74, 6) is 4.76. The van der Waals surface area contributed by atoms with Crippen LogP contribution in [0.3, 0.4) is 0 Å². The number of ether oxygens (including phenoxy) is 1. The molecule has 2 aromatic heterocycles. The highest BCUT2D eigenvalue weighted by molar-refractivity contribution is 5.92. The van der Waals surface area contributed by atoms with Crippen LogP contribution < -0.4 is 5.73 Å². The highest BCUT2D eigenvalue weighted by Crippen LogP contribution is 2.40. The standard InChI is InChI=1S/C15H14N4O4/c1-3-8-5-19(13-10(8)12(16)17-7-18-13)14-15(22,4-2)11(21)9(6-20)23-14/h1-2,5,7,9,11,14,20-22H,6H2,(H2,16,17,18). The van der Waals surface area contributed by atoms with Crippen molar-refractivity contribution in [3.63, 3.8) is 0 Å². The van der Waals surface area contributed by atoms with Crippen molar-refractivity contribution < 1.29 is 20.1 Å². The molecule has 0 radical (unpaired) electrons. The molecule has 0 bridgehead atoms. The molecule has 0 aromatic carbocycles. The largest absolute Gasteiger partial charge is 0.394 e. The molecule has 1 fully saturated rings. The number of aliphatic hydroxyl groups excluding tert-OH is 2. The van der Waals surface area contributed by atoms with Crippen molar-refractivity contribution in [2.24, 2.45) is 0 Å². The maximum atomic E-state index is 10.6. The first kappa shape index (κ1) is 15.3. The molecular weight excluding hydrogens is 300 g/mol. The van der Waals surface area contributed by atoms with Gasteiger partial charge in [-0.05, 0) is 0 Å². The maximum Gasteiger partial charge on any atom is 0.199 e. The third-order valence-electron chi connectivity index (χ3n) is 3.94. The number of nitrogens with zero attached hydrogens (tertiary/aromatic N) is 3. The Bertz CT molecular complexity index is 850. The first-order valence-corrected chi connectivity index (χ1v) is 6.70. The molecule has 0 aliphatic carbocycles. The second kappa shape index (κ2) is 5.23. The Hall–Kier alpha value is -2.62. The Kier molecular flexibility index (Phi) is 3.48. The predicted octanol–water partition coefficient (Wildman–Crippen LogP) is -1.39. The molecule has 0 saturated carbocycles. The number of fused-ring (bicyclic) bond motifs is 1. The molecule has 0 amide bonds. The predicted molar refractivity (Wildman–Crippen MR) is 80.7 cm³/mol. The van der Waals surface area contributed by atoms with Gasteiger partial charge in [0.2, 0.25) is 0 Å². The Balaban J connectivity index is 2.24. The smallest absolute Gasteiger partial charge is 0.199 e. The van der Waals surface area contributed by atoms with Crippen LogP contribution in [0.2, 0.25) is 0 Å². The Labute approximate surface area is 131 Å². The Morgan fingerprint density at radius 3 is 2.78 bits per heavy atom. The summed E-state index contributed by atoms with van der Waals surface area (Å²) in [6, 6.07) is 0. The number of anilines is 1. The van der Waals surface area contributed by atoms with Gasteiger partial charge in [-0.25, -0.2) is 9.97 Å². The number of terminal acetylenes is 2. The summed E-state index contributed by atoms with van der Waals surface area (Å²) in [5.41, 5.74) is 4.46. The van der Waals surface area contributed by atoms with Crippen molar-refractivity contribution in [1.29, 1.82) is 0 Å². The number of aromatic nitrogens is 3. The summed E-state index contributed by atoms with van der Waals surface area (Å²) in [5, 5.41) is 30.5. The van der Waals surface area contributed by atoms with Gasteiger partial charge in [-0.1, -0.05) is 11.8 Å². The molecule has 23 heavy (non-hydrogen) atoms. The number of rotatable bonds is 2. The lowest BCUT2D eigenvalue weighted by Crippen LogP contribution is -2.45. The van der Waals surface area contributed by atoms with Crippen molar-refractivity contribution in [2.75, 3.05) is 12.3 Å². The van der Waals surface area contributed by atoms with Crippen LogP contribution >= 0.6 is 0 Å². The summed E-state index contributed by atoms with van der Waals surface area (Å²) >= 11 is 0. The van der Waals surface area contributed by atoms with Gasteiger partial charge in [-0.15, -0.1) is 12.8 Å². The van der Waals surface area contributed by atoms with Gasteiger partial charge >= 0.3 is 0 Å². The topological polar surface area (TPSA) is 127 Å². The van der Waals surface area contributed by atoms with E-state index in [1.807, 2.05) is 0 Å². The first-order chi connectivity index (χ1) is 11.0. The van der Waals surface area contributed by atoms with Crippen LogP contribution in [0.4, 0.5) is 5.82 Å². The lowest BCUT2D eigenvalue weighted by molar-refractivity contribution is -0.0718. The van der Waals surface area contributed by atoms with Crippen LogP contribution in [-0.4, -0.2) is 54.3 Å². The molecular formula is C15H14N4O4. The zero-order valence-electron chi connectivity index (χ0n) is 11.9. The van der Waals surface area contributed by atoms with E-state index in [9.17, 15) is 15.3 Å². The van der Waals surface area contributed by atoms with Crippen LogP contribution in [-0.2, 0) is 4.74 Å². The summed E-state index contributed by atoms with van der Waals surface area (Å²) in [4.78, 5) is 7.99. The van der Waals surface area contributed by atoms with Crippen LogP contribution in [0.1, 0.15) is 11.8 Å².